The minimum Gasteiger partial charge on any atom is -0.493 e. The maximum Gasteiger partial charge on any atom is 0.419 e. The average molecular weight is 412 g/mol. The van der Waals surface area contributed by atoms with E-state index in [1.54, 1.807) is 18.8 Å². The Hall–Kier alpha value is -2.93. The molecule has 1 saturated heterocycles. The highest BCUT2D eigenvalue weighted by Crippen LogP contribution is 2.38. The molecule has 7 nitrogen and oxygen atoms in total. The van der Waals surface area contributed by atoms with E-state index < -0.39 is 0 Å². The van der Waals surface area contributed by atoms with E-state index in [4.69, 9.17) is 18.6 Å². The number of benzene rings is 2. The summed E-state index contributed by atoms with van der Waals surface area (Å²) in [5.74, 6) is 1.77. The van der Waals surface area contributed by atoms with Crippen molar-refractivity contribution in [2.24, 2.45) is 0 Å². The Bertz CT molecular complexity index is 1010. The summed E-state index contributed by atoms with van der Waals surface area (Å²) in [4.78, 5) is 14.5. The lowest BCUT2D eigenvalue weighted by Crippen LogP contribution is -2.39. The number of fused-ring (bicyclic) bond motifs is 1. The van der Waals surface area contributed by atoms with Gasteiger partial charge in [-0.2, -0.15) is 0 Å². The second-order valence-corrected chi connectivity index (χ2v) is 7.49. The van der Waals surface area contributed by atoms with Crippen molar-refractivity contribution in [2.45, 2.75) is 31.9 Å². The van der Waals surface area contributed by atoms with E-state index in [1.807, 2.05) is 42.5 Å². The van der Waals surface area contributed by atoms with Gasteiger partial charge in [0.25, 0.3) is 0 Å². The van der Waals surface area contributed by atoms with Crippen LogP contribution in [-0.4, -0.2) is 49.4 Å². The van der Waals surface area contributed by atoms with Crippen molar-refractivity contribution >= 4 is 11.1 Å². The molecule has 0 atom stereocenters. The van der Waals surface area contributed by atoms with Crippen molar-refractivity contribution in [2.75, 3.05) is 33.9 Å². The minimum absolute atomic E-state index is 0.131. The molecule has 1 fully saturated rings. The van der Waals surface area contributed by atoms with Crippen molar-refractivity contribution in [3.05, 3.63) is 53.0 Å². The zero-order valence-corrected chi connectivity index (χ0v) is 17.5. The van der Waals surface area contributed by atoms with Crippen LogP contribution in [0.2, 0.25) is 0 Å². The highest BCUT2D eigenvalue weighted by molar-refractivity contribution is 5.72. The molecule has 1 aromatic heterocycles. The summed E-state index contributed by atoms with van der Waals surface area (Å²) in [6.07, 6.45) is 2.91. The van der Waals surface area contributed by atoms with E-state index in [0.29, 0.717) is 29.4 Å². The molecule has 0 radical (unpaired) electrons. The molecule has 0 N–H and O–H groups in total. The number of aromatic nitrogens is 1. The molecule has 4 rings (SSSR count). The molecule has 3 aromatic rings. The summed E-state index contributed by atoms with van der Waals surface area (Å²) in [7, 11) is 3.28. The van der Waals surface area contributed by atoms with Crippen LogP contribution in [0.1, 0.15) is 19.3 Å². The number of aryl methyl sites for hydroxylation is 1. The van der Waals surface area contributed by atoms with E-state index >= 15 is 0 Å². The SMILES string of the molecule is COc1cccc(OC)c1OC1CCN(CCCn2c(=O)oc3ccccc32)CC1. The largest absolute Gasteiger partial charge is 0.493 e. The third-order valence-corrected chi connectivity index (χ3v) is 5.63. The summed E-state index contributed by atoms with van der Waals surface area (Å²) in [5.41, 5.74) is 1.51. The first-order chi connectivity index (χ1) is 14.7. The highest BCUT2D eigenvalue weighted by atomic mass is 16.5. The van der Waals surface area contributed by atoms with Crippen LogP contribution < -0.4 is 20.0 Å². The van der Waals surface area contributed by atoms with E-state index in [0.717, 1.165) is 44.4 Å². The molecule has 1 aliphatic rings. The van der Waals surface area contributed by atoms with Gasteiger partial charge in [0.2, 0.25) is 5.75 Å². The van der Waals surface area contributed by atoms with Gasteiger partial charge in [0.05, 0.1) is 19.7 Å². The quantitative estimate of drug-likeness (QED) is 0.564. The van der Waals surface area contributed by atoms with Gasteiger partial charge in [-0.3, -0.25) is 4.57 Å². The number of ether oxygens (including phenoxy) is 3. The normalized spacial score (nSPS) is 15.4. The molecular formula is C23H28N2O5. The fourth-order valence-electron chi connectivity index (χ4n) is 4.03. The van der Waals surface area contributed by atoms with Gasteiger partial charge in [0.15, 0.2) is 17.1 Å². The zero-order valence-electron chi connectivity index (χ0n) is 17.5. The Morgan fingerprint density at radius 2 is 1.67 bits per heavy atom. The Morgan fingerprint density at radius 1 is 0.967 bits per heavy atom. The fourth-order valence-corrected chi connectivity index (χ4v) is 4.03. The highest BCUT2D eigenvalue weighted by Gasteiger charge is 2.23. The molecule has 2 heterocycles. The van der Waals surface area contributed by atoms with Crippen molar-refractivity contribution in [1.82, 2.24) is 9.47 Å². The van der Waals surface area contributed by atoms with E-state index in [2.05, 4.69) is 4.90 Å². The smallest absolute Gasteiger partial charge is 0.419 e. The number of hydrogen-bond acceptors (Lipinski definition) is 6. The molecule has 30 heavy (non-hydrogen) atoms. The second kappa shape index (κ2) is 9.26. The van der Waals surface area contributed by atoms with Gasteiger partial charge < -0.3 is 23.5 Å². The predicted octanol–water partition coefficient (Wildman–Crippen LogP) is 3.55. The van der Waals surface area contributed by atoms with Crippen LogP contribution in [0.4, 0.5) is 0 Å². The van der Waals surface area contributed by atoms with Crippen LogP contribution >= 0.6 is 0 Å². The number of nitrogens with zero attached hydrogens (tertiary/aromatic N) is 2. The number of para-hydroxylation sites is 3. The Kier molecular flexibility index (Phi) is 6.28. The van der Waals surface area contributed by atoms with E-state index in [-0.39, 0.29) is 11.9 Å². The van der Waals surface area contributed by atoms with Crippen LogP contribution in [0, 0.1) is 0 Å². The van der Waals surface area contributed by atoms with Gasteiger partial charge >= 0.3 is 5.76 Å². The maximum atomic E-state index is 12.1. The summed E-state index contributed by atoms with van der Waals surface area (Å²) in [6.45, 7) is 3.52. The van der Waals surface area contributed by atoms with Crippen LogP contribution in [0.5, 0.6) is 17.2 Å². The van der Waals surface area contributed by atoms with Gasteiger partial charge in [-0.05, 0) is 50.1 Å². The van der Waals surface area contributed by atoms with Gasteiger partial charge in [-0.1, -0.05) is 18.2 Å². The molecule has 0 saturated carbocycles. The second-order valence-electron chi connectivity index (χ2n) is 7.49. The van der Waals surface area contributed by atoms with Crippen LogP contribution in [0.15, 0.2) is 51.7 Å². The first kappa shape index (κ1) is 20.3. The molecule has 0 aliphatic carbocycles. The number of likely N-dealkylation sites (tertiary alicyclic amines) is 1. The number of methoxy groups -OCH3 is 2. The standard InChI is InChI=1S/C23H28N2O5/c1-27-20-9-5-10-21(28-2)22(20)29-17-11-15-24(16-12-17)13-6-14-25-18-7-3-4-8-19(18)30-23(25)26/h3-5,7-10,17H,6,11-16H2,1-2H3. The molecule has 1 aliphatic heterocycles. The molecule has 0 amide bonds. The topological polar surface area (TPSA) is 66.1 Å². The first-order valence-electron chi connectivity index (χ1n) is 10.4. The number of oxazole rings is 1. The lowest BCUT2D eigenvalue weighted by atomic mass is 10.1. The lowest BCUT2D eigenvalue weighted by molar-refractivity contribution is 0.0940. The molecule has 0 unspecified atom stereocenters. The van der Waals surface area contributed by atoms with Crippen molar-refractivity contribution in [1.29, 1.82) is 0 Å². The third-order valence-electron chi connectivity index (χ3n) is 5.63. The Morgan fingerprint density at radius 3 is 2.37 bits per heavy atom. The summed E-state index contributed by atoms with van der Waals surface area (Å²) in [6, 6.07) is 13.2. The van der Waals surface area contributed by atoms with Crippen molar-refractivity contribution < 1.29 is 18.6 Å². The monoisotopic (exact) mass is 412 g/mol. The maximum absolute atomic E-state index is 12.1. The van der Waals surface area contributed by atoms with Crippen molar-refractivity contribution in [3.8, 4) is 17.2 Å². The first-order valence-corrected chi connectivity index (χ1v) is 10.4. The van der Waals surface area contributed by atoms with Crippen LogP contribution in [0.25, 0.3) is 11.1 Å². The molecule has 7 heteroatoms. The van der Waals surface area contributed by atoms with Crippen LogP contribution in [0.3, 0.4) is 0 Å². The Balaban J connectivity index is 1.28. The molecule has 0 bridgehead atoms. The van der Waals surface area contributed by atoms with Gasteiger partial charge in [-0.25, -0.2) is 4.79 Å². The molecule has 160 valence electrons. The number of rotatable bonds is 8. The van der Waals surface area contributed by atoms with Gasteiger partial charge in [0.1, 0.15) is 6.10 Å². The van der Waals surface area contributed by atoms with Crippen molar-refractivity contribution in [3.63, 3.8) is 0 Å². The fraction of sp³-hybridized carbons (Fsp3) is 0.435. The van der Waals surface area contributed by atoms with Gasteiger partial charge in [-0.15, -0.1) is 0 Å². The number of piperidine rings is 1. The van der Waals surface area contributed by atoms with Crippen LogP contribution in [-0.2, 0) is 6.54 Å². The summed E-state index contributed by atoms with van der Waals surface area (Å²) >= 11 is 0. The zero-order chi connectivity index (χ0) is 20.9. The Labute approximate surface area is 175 Å². The third kappa shape index (κ3) is 4.31. The summed E-state index contributed by atoms with van der Waals surface area (Å²) < 4.78 is 24.1. The minimum atomic E-state index is -0.283. The lowest BCUT2D eigenvalue weighted by Gasteiger charge is -2.32. The van der Waals surface area contributed by atoms with E-state index in [1.165, 1.54) is 0 Å². The molecular weight excluding hydrogens is 384 g/mol. The van der Waals surface area contributed by atoms with E-state index in [9.17, 15) is 4.79 Å². The summed E-state index contributed by atoms with van der Waals surface area (Å²) in [5, 5.41) is 0. The van der Waals surface area contributed by atoms with Gasteiger partial charge in [0, 0.05) is 19.6 Å². The molecule has 0 spiro atoms. The predicted molar refractivity (Wildman–Crippen MR) is 115 cm³/mol. The molecule has 2 aromatic carbocycles. The number of hydrogen-bond donors (Lipinski definition) is 0. The average Bonchev–Trinajstić information content (AvgIpc) is 3.10.